The van der Waals surface area contributed by atoms with E-state index >= 15 is 0 Å². The summed E-state index contributed by atoms with van der Waals surface area (Å²) in [4.78, 5) is 44.1. The van der Waals surface area contributed by atoms with Crippen molar-refractivity contribution >= 4 is 17.9 Å². The van der Waals surface area contributed by atoms with Gasteiger partial charge in [-0.2, -0.15) is 0 Å². The maximum absolute atomic E-state index is 14.9. The minimum Gasteiger partial charge on any atom is -0.508 e. The molecule has 0 saturated carbocycles. The van der Waals surface area contributed by atoms with E-state index in [1.807, 2.05) is 69.3 Å². The Morgan fingerprint density at radius 1 is 0.826 bits per heavy atom. The summed E-state index contributed by atoms with van der Waals surface area (Å²) in [6.45, 7) is 15.7. The second-order valence-electron chi connectivity index (χ2n) is 13.5. The Morgan fingerprint density at radius 3 is 2.00 bits per heavy atom. The molecule has 0 aliphatic rings. The van der Waals surface area contributed by atoms with Crippen LogP contribution in [-0.2, 0) is 27.3 Å². The summed E-state index contributed by atoms with van der Waals surface area (Å²) in [5, 5.41) is 15.8. The zero-order valence-electron chi connectivity index (χ0n) is 28.6. The van der Waals surface area contributed by atoms with Gasteiger partial charge >= 0.3 is 6.09 Å². The van der Waals surface area contributed by atoms with Crippen molar-refractivity contribution < 1.29 is 24.2 Å². The topological polar surface area (TPSA) is 108 Å². The SMILES string of the molecule is Cc1cccc(C)c1C(C(=O)NCc1ccccc1)N(C(=O)C(Cc1ccc(O)cc1)NC(=O)OC(C)(C)C)C(C)CCC(C)C. The number of aryl methyl sites for hydroxylation is 2. The monoisotopic (exact) mass is 629 g/mol. The normalized spacial score (nSPS) is 13.4. The lowest BCUT2D eigenvalue weighted by Gasteiger charge is -2.40. The van der Waals surface area contributed by atoms with Crippen molar-refractivity contribution in [1.82, 2.24) is 15.5 Å². The van der Waals surface area contributed by atoms with Crippen LogP contribution in [0.5, 0.6) is 5.75 Å². The van der Waals surface area contributed by atoms with Crippen LogP contribution in [0.1, 0.15) is 88.2 Å². The molecule has 3 atom stereocenters. The van der Waals surface area contributed by atoms with Gasteiger partial charge in [-0.3, -0.25) is 9.59 Å². The van der Waals surface area contributed by atoms with Gasteiger partial charge in [0.25, 0.3) is 0 Å². The van der Waals surface area contributed by atoms with Gasteiger partial charge in [-0.15, -0.1) is 0 Å². The minimum absolute atomic E-state index is 0.0980. The third kappa shape index (κ3) is 10.6. The molecular formula is C38H51N3O5. The van der Waals surface area contributed by atoms with Crippen LogP contribution in [0.15, 0.2) is 72.8 Å². The van der Waals surface area contributed by atoms with Gasteiger partial charge in [-0.05, 0) is 100 Å². The summed E-state index contributed by atoms with van der Waals surface area (Å²) in [5.41, 5.74) is 3.45. The molecule has 3 N–H and O–H groups in total. The molecule has 0 bridgehead atoms. The molecule has 0 aromatic heterocycles. The van der Waals surface area contributed by atoms with Crippen molar-refractivity contribution in [3.8, 4) is 5.75 Å². The zero-order chi connectivity index (χ0) is 34.0. The highest BCUT2D eigenvalue weighted by atomic mass is 16.6. The fraction of sp³-hybridized carbons (Fsp3) is 0.447. The Bertz CT molecular complexity index is 1430. The second kappa shape index (κ2) is 16.3. The molecule has 0 aliphatic carbocycles. The Balaban J connectivity index is 2.14. The van der Waals surface area contributed by atoms with Crippen LogP contribution in [0.2, 0.25) is 0 Å². The van der Waals surface area contributed by atoms with Crippen LogP contribution in [0.25, 0.3) is 0 Å². The molecule has 8 nitrogen and oxygen atoms in total. The van der Waals surface area contributed by atoms with E-state index in [0.29, 0.717) is 18.9 Å². The first-order valence-electron chi connectivity index (χ1n) is 16.1. The van der Waals surface area contributed by atoms with Crippen LogP contribution in [0.4, 0.5) is 4.79 Å². The lowest BCUT2D eigenvalue weighted by atomic mass is 9.91. The fourth-order valence-corrected chi connectivity index (χ4v) is 5.55. The molecule has 8 heteroatoms. The molecular weight excluding hydrogens is 578 g/mol. The molecule has 46 heavy (non-hydrogen) atoms. The van der Waals surface area contributed by atoms with Gasteiger partial charge in [0.2, 0.25) is 11.8 Å². The van der Waals surface area contributed by atoms with Crippen LogP contribution >= 0.6 is 0 Å². The molecule has 3 aromatic carbocycles. The molecule has 3 unspecified atom stereocenters. The molecule has 0 radical (unpaired) electrons. The van der Waals surface area contributed by atoms with Crippen LogP contribution in [0.3, 0.4) is 0 Å². The number of rotatable bonds is 13. The summed E-state index contributed by atoms with van der Waals surface area (Å²) in [7, 11) is 0. The van der Waals surface area contributed by atoms with Crippen molar-refractivity contribution in [3.05, 3.63) is 101 Å². The Hall–Kier alpha value is -4.33. The number of alkyl carbamates (subject to hydrolysis) is 1. The first-order valence-corrected chi connectivity index (χ1v) is 16.1. The number of nitrogens with zero attached hydrogens (tertiary/aromatic N) is 1. The molecule has 248 valence electrons. The number of phenolic OH excluding ortho intramolecular Hbond substituents is 1. The fourth-order valence-electron chi connectivity index (χ4n) is 5.55. The van der Waals surface area contributed by atoms with Crippen molar-refractivity contribution in [1.29, 1.82) is 0 Å². The van der Waals surface area contributed by atoms with Gasteiger partial charge in [-0.25, -0.2) is 4.79 Å². The van der Waals surface area contributed by atoms with Crippen molar-refractivity contribution in [2.45, 2.75) is 105 Å². The maximum Gasteiger partial charge on any atom is 0.408 e. The number of phenols is 1. The highest BCUT2D eigenvalue weighted by Crippen LogP contribution is 2.32. The van der Waals surface area contributed by atoms with E-state index in [4.69, 9.17) is 4.74 Å². The summed E-state index contributed by atoms with van der Waals surface area (Å²) < 4.78 is 5.57. The first-order chi connectivity index (χ1) is 21.7. The molecule has 3 aromatic rings. The molecule has 0 aliphatic heterocycles. The Labute approximate surface area is 274 Å². The van der Waals surface area contributed by atoms with Gasteiger partial charge in [-0.1, -0.05) is 74.5 Å². The standard InChI is InChI=1S/C38H51N3O5/c1-25(2)17-18-28(5)41(36(44)32(40-37(45)46-38(6,7)8)23-29-19-21-31(42)22-20-29)34(33-26(3)13-12-14-27(33)4)35(43)39-24-30-15-10-9-11-16-30/h9-16,19-22,25,28,32,34,42H,17-18,23-24H2,1-8H3,(H,39,43)(H,40,45). The second-order valence-corrected chi connectivity index (χ2v) is 13.5. The number of aromatic hydroxyl groups is 1. The molecule has 3 rings (SSSR count). The van der Waals surface area contributed by atoms with E-state index < -0.39 is 29.7 Å². The predicted molar refractivity (Wildman–Crippen MR) is 182 cm³/mol. The third-order valence-corrected chi connectivity index (χ3v) is 7.91. The van der Waals surface area contributed by atoms with Crippen LogP contribution < -0.4 is 10.6 Å². The van der Waals surface area contributed by atoms with E-state index in [1.54, 1.807) is 49.9 Å². The van der Waals surface area contributed by atoms with Crippen LogP contribution in [0, 0.1) is 19.8 Å². The number of nitrogens with one attached hydrogen (secondary N) is 2. The smallest absolute Gasteiger partial charge is 0.408 e. The van der Waals surface area contributed by atoms with Gasteiger partial charge in [0.05, 0.1) is 0 Å². The summed E-state index contributed by atoms with van der Waals surface area (Å²) in [5.74, 6) is -0.206. The number of carbonyl (C=O) groups excluding carboxylic acids is 3. The Morgan fingerprint density at radius 2 is 1.43 bits per heavy atom. The van der Waals surface area contributed by atoms with E-state index in [1.165, 1.54) is 0 Å². The summed E-state index contributed by atoms with van der Waals surface area (Å²) in [6.07, 6.45) is 0.918. The lowest BCUT2D eigenvalue weighted by molar-refractivity contribution is -0.145. The van der Waals surface area contributed by atoms with Gasteiger partial charge in [0, 0.05) is 19.0 Å². The maximum atomic E-state index is 14.9. The number of amides is 3. The average Bonchev–Trinajstić information content (AvgIpc) is 2.98. The number of carbonyl (C=O) groups is 3. The van der Waals surface area contributed by atoms with E-state index in [2.05, 4.69) is 24.5 Å². The average molecular weight is 630 g/mol. The highest BCUT2D eigenvalue weighted by Gasteiger charge is 2.40. The summed E-state index contributed by atoms with van der Waals surface area (Å²) >= 11 is 0. The molecule has 0 fully saturated rings. The quantitative estimate of drug-likeness (QED) is 0.186. The van der Waals surface area contributed by atoms with Gasteiger partial charge < -0.3 is 25.4 Å². The van der Waals surface area contributed by atoms with E-state index in [-0.39, 0.29) is 24.1 Å². The number of benzene rings is 3. The summed E-state index contributed by atoms with van der Waals surface area (Å²) in [6, 6.07) is 19.7. The largest absolute Gasteiger partial charge is 0.508 e. The van der Waals surface area contributed by atoms with Crippen molar-refractivity contribution in [2.24, 2.45) is 5.92 Å². The van der Waals surface area contributed by atoms with E-state index in [9.17, 15) is 19.5 Å². The van der Waals surface area contributed by atoms with Crippen molar-refractivity contribution in [2.75, 3.05) is 0 Å². The third-order valence-electron chi connectivity index (χ3n) is 7.91. The lowest BCUT2D eigenvalue weighted by Crippen LogP contribution is -2.56. The van der Waals surface area contributed by atoms with Gasteiger partial charge in [0.15, 0.2) is 0 Å². The number of hydrogen-bond acceptors (Lipinski definition) is 5. The predicted octanol–water partition coefficient (Wildman–Crippen LogP) is 7.16. The molecule has 0 spiro atoms. The first kappa shape index (κ1) is 36.1. The van der Waals surface area contributed by atoms with Gasteiger partial charge in [0.1, 0.15) is 23.4 Å². The Kier molecular flexibility index (Phi) is 12.8. The van der Waals surface area contributed by atoms with E-state index in [0.717, 1.165) is 34.2 Å². The number of hydrogen-bond donors (Lipinski definition) is 3. The van der Waals surface area contributed by atoms with Crippen LogP contribution in [-0.4, -0.2) is 45.6 Å². The number of ether oxygens (including phenoxy) is 1. The molecule has 0 saturated heterocycles. The van der Waals surface area contributed by atoms with Crippen molar-refractivity contribution in [3.63, 3.8) is 0 Å². The minimum atomic E-state index is -1.05. The molecule has 3 amide bonds. The molecule has 0 heterocycles. The highest BCUT2D eigenvalue weighted by molar-refractivity contribution is 5.93. The zero-order valence-corrected chi connectivity index (χ0v) is 28.6.